The minimum atomic E-state index is -1.82. The number of ether oxygens (including phenoxy) is 3. The second-order valence-corrected chi connectivity index (χ2v) is 7.33. The number of aliphatic carboxylic acids is 2. The van der Waals surface area contributed by atoms with Crippen LogP contribution < -0.4 is 14.2 Å². The third-order valence-corrected chi connectivity index (χ3v) is 5.11. The second-order valence-electron chi connectivity index (χ2n) is 7.33. The van der Waals surface area contributed by atoms with E-state index in [1.165, 1.54) is 5.56 Å². The molecule has 34 heavy (non-hydrogen) atoms. The molecule has 0 saturated carbocycles. The van der Waals surface area contributed by atoms with Gasteiger partial charge in [0.15, 0.2) is 11.5 Å². The lowest BCUT2D eigenvalue weighted by molar-refractivity contribution is -0.159. The third-order valence-electron chi connectivity index (χ3n) is 5.11. The van der Waals surface area contributed by atoms with Crippen LogP contribution in [0, 0.1) is 0 Å². The molecule has 10 heteroatoms. The third kappa shape index (κ3) is 7.66. The predicted octanol–water partition coefficient (Wildman–Crippen LogP) is 2.22. The van der Waals surface area contributed by atoms with Crippen LogP contribution in [-0.4, -0.2) is 84.9 Å². The van der Waals surface area contributed by atoms with Gasteiger partial charge in [0, 0.05) is 38.3 Å². The Morgan fingerprint density at radius 1 is 0.853 bits per heavy atom. The standard InChI is InChI=1S/C22H28N2O4.C2H2O4/c1-4-28-19-8-5-17(6-9-19)16-23-11-13-24(14-12-23)22(25)18-7-10-20(26-2)21(15-18)27-3;3-1(4)2(5)6/h5-10,15H,4,11-14,16H2,1-3H3;(H,3,4)(H,5,6). The van der Waals surface area contributed by atoms with Gasteiger partial charge in [-0.25, -0.2) is 9.59 Å². The Labute approximate surface area is 198 Å². The van der Waals surface area contributed by atoms with Gasteiger partial charge in [-0.1, -0.05) is 12.1 Å². The van der Waals surface area contributed by atoms with Gasteiger partial charge in [-0.05, 0) is 42.8 Å². The zero-order valence-electron chi connectivity index (χ0n) is 19.5. The number of benzene rings is 2. The van der Waals surface area contributed by atoms with E-state index in [1.54, 1.807) is 32.4 Å². The fourth-order valence-corrected chi connectivity index (χ4v) is 3.38. The number of nitrogens with zero attached hydrogens (tertiary/aromatic N) is 2. The summed E-state index contributed by atoms with van der Waals surface area (Å²) in [7, 11) is 3.16. The van der Waals surface area contributed by atoms with Crippen LogP contribution in [0.5, 0.6) is 17.2 Å². The number of hydrogen-bond donors (Lipinski definition) is 2. The van der Waals surface area contributed by atoms with Gasteiger partial charge in [0.2, 0.25) is 0 Å². The van der Waals surface area contributed by atoms with E-state index in [4.69, 9.17) is 34.0 Å². The van der Waals surface area contributed by atoms with Gasteiger partial charge < -0.3 is 29.3 Å². The molecule has 3 rings (SSSR count). The Hall–Kier alpha value is -3.79. The summed E-state index contributed by atoms with van der Waals surface area (Å²) < 4.78 is 16.0. The molecule has 0 spiro atoms. The first-order valence-electron chi connectivity index (χ1n) is 10.7. The van der Waals surface area contributed by atoms with E-state index in [2.05, 4.69) is 17.0 Å². The van der Waals surface area contributed by atoms with E-state index in [1.807, 2.05) is 24.0 Å². The smallest absolute Gasteiger partial charge is 0.414 e. The molecule has 184 valence electrons. The molecular formula is C24H30N2O8. The van der Waals surface area contributed by atoms with Gasteiger partial charge >= 0.3 is 11.9 Å². The predicted molar refractivity (Wildman–Crippen MR) is 124 cm³/mol. The maximum absolute atomic E-state index is 12.8. The molecule has 2 N–H and O–H groups in total. The molecule has 1 saturated heterocycles. The zero-order valence-corrected chi connectivity index (χ0v) is 19.5. The number of carbonyl (C=O) groups excluding carboxylic acids is 1. The highest BCUT2D eigenvalue weighted by molar-refractivity contribution is 6.27. The molecule has 1 amide bonds. The molecule has 0 unspecified atom stereocenters. The number of methoxy groups -OCH3 is 2. The quantitative estimate of drug-likeness (QED) is 0.581. The van der Waals surface area contributed by atoms with Crippen molar-refractivity contribution in [1.82, 2.24) is 9.80 Å². The van der Waals surface area contributed by atoms with Crippen LogP contribution in [0.4, 0.5) is 0 Å². The lowest BCUT2D eigenvalue weighted by atomic mass is 10.1. The minimum absolute atomic E-state index is 0.0293. The van der Waals surface area contributed by atoms with Crippen molar-refractivity contribution in [3.8, 4) is 17.2 Å². The van der Waals surface area contributed by atoms with E-state index >= 15 is 0 Å². The number of piperazine rings is 1. The molecule has 0 aromatic heterocycles. The van der Waals surface area contributed by atoms with Crippen LogP contribution in [0.1, 0.15) is 22.8 Å². The molecule has 2 aromatic carbocycles. The summed E-state index contributed by atoms with van der Waals surface area (Å²) in [5.41, 5.74) is 1.88. The molecule has 1 aliphatic rings. The van der Waals surface area contributed by atoms with Crippen LogP contribution in [0.3, 0.4) is 0 Å². The summed E-state index contributed by atoms with van der Waals surface area (Å²) >= 11 is 0. The van der Waals surface area contributed by atoms with Crippen molar-refractivity contribution in [2.75, 3.05) is 47.0 Å². The van der Waals surface area contributed by atoms with Crippen molar-refractivity contribution in [3.63, 3.8) is 0 Å². The van der Waals surface area contributed by atoms with E-state index in [0.29, 0.717) is 36.8 Å². The summed E-state index contributed by atoms with van der Waals surface area (Å²) in [4.78, 5) is 35.3. The van der Waals surface area contributed by atoms with Gasteiger partial charge in [0.1, 0.15) is 5.75 Å². The first-order valence-corrected chi connectivity index (χ1v) is 10.7. The van der Waals surface area contributed by atoms with E-state index < -0.39 is 11.9 Å². The average molecular weight is 475 g/mol. The Morgan fingerprint density at radius 3 is 1.94 bits per heavy atom. The van der Waals surface area contributed by atoms with E-state index in [0.717, 1.165) is 25.4 Å². The Balaban J connectivity index is 0.000000604. The van der Waals surface area contributed by atoms with Crippen molar-refractivity contribution in [2.24, 2.45) is 0 Å². The topological polar surface area (TPSA) is 126 Å². The van der Waals surface area contributed by atoms with Crippen molar-refractivity contribution >= 4 is 17.8 Å². The van der Waals surface area contributed by atoms with Gasteiger partial charge in [0.25, 0.3) is 5.91 Å². The number of carboxylic acids is 2. The number of carbonyl (C=O) groups is 3. The molecule has 1 fully saturated rings. The lowest BCUT2D eigenvalue weighted by Gasteiger charge is -2.35. The molecular weight excluding hydrogens is 444 g/mol. The summed E-state index contributed by atoms with van der Waals surface area (Å²) in [6, 6.07) is 13.5. The number of amides is 1. The monoisotopic (exact) mass is 474 g/mol. The molecule has 0 atom stereocenters. The fourth-order valence-electron chi connectivity index (χ4n) is 3.38. The summed E-state index contributed by atoms with van der Waals surface area (Å²) in [6.45, 7) is 6.67. The summed E-state index contributed by atoms with van der Waals surface area (Å²) in [5, 5.41) is 14.8. The van der Waals surface area contributed by atoms with Crippen LogP contribution in [0.15, 0.2) is 42.5 Å². The molecule has 0 radical (unpaired) electrons. The SMILES string of the molecule is CCOc1ccc(CN2CCN(C(=O)c3ccc(OC)c(OC)c3)CC2)cc1.O=C(O)C(=O)O. The first-order chi connectivity index (χ1) is 16.3. The van der Waals surface area contributed by atoms with Crippen molar-refractivity contribution in [1.29, 1.82) is 0 Å². The summed E-state index contributed by atoms with van der Waals surface area (Å²) in [6.07, 6.45) is 0. The molecule has 1 aliphatic heterocycles. The van der Waals surface area contributed by atoms with Gasteiger partial charge in [-0.3, -0.25) is 9.69 Å². The van der Waals surface area contributed by atoms with Gasteiger partial charge in [-0.15, -0.1) is 0 Å². The average Bonchev–Trinajstić information content (AvgIpc) is 2.85. The van der Waals surface area contributed by atoms with Crippen molar-refractivity contribution < 1.29 is 38.8 Å². The highest BCUT2D eigenvalue weighted by Crippen LogP contribution is 2.28. The highest BCUT2D eigenvalue weighted by atomic mass is 16.5. The van der Waals surface area contributed by atoms with Crippen molar-refractivity contribution in [3.05, 3.63) is 53.6 Å². The van der Waals surface area contributed by atoms with Crippen LogP contribution >= 0.6 is 0 Å². The highest BCUT2D eigenvalue weighted by Gasteiger charge is 2.23. The van der Waals surface area contributed by atoms with E-state index in [-0.39, 0.29) is 5.91 Å². The minimum Gasteiger partial charge on any atom is -0.494 e. The Kier molecular flexibility index (Phi) is 10.2. The Morgan fingerprint density at radius 2 is 1.44 bits per heavy atom. The second kappa shape index (κ2) is 13.0. The molecule has 10 nitrogen and oxygen atoms in total. The van der Waals surface area contributed by atoms with Crippen LogP contribution in [0.2, 0.25) is 0 Å². The maximum Gasteiger partial charge on any atom is 0.414 e. The van der Waals surface area contributed by atoms with Gasteiger partial charge in [0.05, 0.1) is 20.8 Å². The normalized spacial score (nSPS) is 13.3. The largest absolute Gasteiger partial charge is 0.494 e. The molecule has 1 heterocycles. The van der Waals surface area contributed by atoms with Crippen molar-refractivity contribution in [2.45, 2.75) is 13.5 Å². The number of hydrogen-bond acceptors (Lipinski definition) is 7. The van der Waals surface area contributed by atoms with E-state index in [9.17, 15) is 4.79 Å². The molecule has 0 bridgehead atoms. The van der Waals surface area contributed by atoms with Gasteiger partial charge in [-0.2, -0.15) is 0 Å². The number of carboxylic acid groups (broad SMARTS) is 2. The lowest BCUT2D eigenvalue weighted by Crippen LogP contribution is -2.48. The zero-order chi connectivity index (χ0) is 25.1. The molecule has 0 aliphatic carbocycles. The van der Waals surface area contributed by atoms with Crippen LogP contribution in [-0.2, 0) is 16.1 Å². The summed E-state index contributed by atoms with van der Waals surface area (Å²) in [5.74, 6) is -1.52. The molecule has 2 aromatic rings. The van der Waals surface area contributed by atoms with Crippen LogP contribution in [0.25, 0.3) is 0 Å². The maximum atomic E-state index is 12.8. The fraction of sp³-hybridized carbons (Fsp3) is 0.375. The first kappa shape index (κ1) is 26.5. The Bertz CT molecular complexity index is 957. The number of rotatable bonds is 7.